The smallest absolute Gasteiger partial charge is 0.407 e. The van der Waals surface area contributed by atoms with Crippen molar-refractivity contribution < 1.29 is 14.3 Å². The Morgan fingerprint density at radius 3 is 2.33 bits per heavy atom. The van der Waals surface area contributed by atoms with Crippen molar-refractivity contribution in [2.75, 3.05) is 20.3 Å². The molecule has 4 rings (SSSR count). The van der Waals surface area contributed by atoms with Crippen molar-refractivity contribution in [3.05, 3.63) is 94.5 Å². The number of nitrogens with one attached hydrogen (secondary N) is 1. The van der Waals surface area contributed by atoms with Gasteiger partial charge in [0, 0.05) is 12.5 Å². The van der Waals surface area contributed by atoms with Gasteiger partial charge in [-0.2, -0.15) is 0 Å². The lowest BCUT2D eigenvalue weighted by Crippen LogP contribution is -2.26. The van der Waals surface area contributed by atoms with Crippen molar-refractivity contribution in [3.8, 4) is 16.9 Å². The summed E-state index contributed by atoms with van der Waals surface area (Å²) in [4.78, 5) is 12.2. The maximum Gasteiger partial charge on any atom is 0.407 e. The van der Waals surface area contributed by atoms with E-state index in [0.29, 0.717) is 23.9 Å². The van der Waals surface area contributed by atoms with Crippen LogP contribution in [0.2, 0.25) is 5.02 Å². The molecule has 0 saturated heterocycles. The second kappa shape index (κ2) is 9.06. The number of carbonyl (C=O) groups excluding carboxylic acids is 1. The normalized spacial score (nSPS) is 12.5. The van der Waals surface area contributed by atoms with E-state index in [2.05, 4.69) is 29.6 Å². The fraction of sp³-hybridized carbons (Fsp3) is 0.160. The summed E-state index contributed by atoms with van der Waals surface area (Å²) in [5, 5.41) is 3.34. The molecule has 0 aromatic heterocycles. The van der Waals surface area contributed by atoms with E-state index in [9.17, 15) is 4.79 Å². The number of hydrogen-bond acceptors (Lipinski definition) is 3. The average Bonchev–Trinajstić information content (AvgIpc) is 3.10. The van der Waals surface area contributed by atoms with Gasteiger partial charge in [0.25, 0.3) is 0 Å². The summed E-state index contributed by atoms with van der Waals surface area (Å²) in [6.07, 6.45) is 3.24. The van der Waals surface area contributed by atoms with Gasteiger partial charge in [-0.15, -0.1) is 0 Å². The Labute approximate surface area is 181 Å². The number of methoxy groups -OCH3 is 1. The van der Waals surface area contributed by atoms with E-state index in [1.54, 1.807) is 13.2 Å². The van der Waals surface area contributed by atoms with Crippen molar-refractivity contribution >= 4 is 23.8 Å². The molecule has 3 aromatic rings. The molecular weight excluding hydrogens is 398 g/mol. The number of carbonyl (C=O) groups is 1. The molecule has 0 spiro atoms. The number of hydrogen-bond donors (Lipinski definition) is 1. The minimum absolute atomic E-state index is 0.0526. The third kappa shape index (κ3) is 4.19. The standard InChI is InChI=1S/C25H22ClNO3/c1-29-18-13-12-17(24(26)15-18)7-6-14-27-25(28)30-16-23-21-10-4-2-8-19(21)20-9-3-5-11-22(20)23/h2-13,15,23H,14,16H2,1H3,(H,27,28). The fourth-order valence-electron chi connectivity index (χ4n) is 3.75. The first-order chi connectivity index (χ1) is 14.7. The number of ether oxygens (including phenoxy) is 2. The molecule has 0 heterocycles. The van der Waals surface area contributed by atoms with Crippen LogP contribution in [0.3, 0.4) is 0 Å². The first-order valence-electron chi connectivity index (χ1n) is 9.76. The molecule has 1 aliphatic rings. The predicted octanol–water partition coefficient (Wildman–Crippen LogP) is 5.90. The summed E-state index contributed by atoms with van der Waals surface area (Å²) in [7, 11) is 1.60. The lowest BCUT2D eigenvalue weighted by molar-refractivity contribution is 0.144. The number of fused-ring (bicyclic) bond motifs is 3. The molecule has 0 fully saturated rings. The molecule has 0 atom stereocenters. The molecule has 152 valence electrons. The van der Waals surface area contributed by atoms with Gasteiger partial charge in [0.2, 0.25) is 0 Å². The number of alkyl carbamates (subject to hydrolysis) is 1. The lowest BCUT2D eigenvalue weighted by Gasteiger charge is -2.14. The zero-order valence-electron chi connectivity index (χ0n) is 16.6. The zero-order chi connectivity index (χ0) is 20.9. The fourth-order valence-corrected chi connectivity index (χ4v) is 3.98. The van der Waals surface area contributed by atoms with E-state index in [-0.39, 0.29) is 5.92 Å². The summed E-state index contributed by atoms with van der Waals surface area (Å²) >= 11 is 6.21. The van der Waals surface area contributed by atoms with Gasteiger partial charge in [-0.05, 0) is 46.0 Å². The highest BCUT2D eigenvalue weighted by atomic mass is 35.5. The number of amides is 1. The molecule has 30 heavy (non-hydrogen) atoms. The van der Waals surface area contributed by atoms with Gasteiger partial charge in [-0.3, -0.25) is 0 Å². The van der Waals surface area contributed by atoms with Crippen LogP contribution in [-0.4, -0.2) is 26.4 Å². The van der Waals surface area contributed by atoms with Crippen LogP contribution >= 0.6 is 11.6 Å². The van der Waals surface area contributed by atoms with Crippen molar-refractivity contribution in [2.45, 2.75) is 5.92 Å². The van der Waals surface area contributed by atoms with Crippen LogP contribution in [0.15, 0.2) is 72.8 Å². The third-order valence-corrected chi connectivity index (χ3v) is 5.54. The SMILES string of the molecule is COc1ccc(C=CCNC(=O)OCC2c3ccccc3-c3ccccc32)c(Cl)c1. The van der Waals surface area contributed by atoms with Gasteiger partial charge < -0.3 is 14.8 Å². The van der Waals surface area contributed by atoms with E-state index in [1.165, 1.54) is 22.3 Å². The summed E-state index contributed by atoms with van der Waals surface area (Å²) in [5.41, 5.74) is 5.66. The van der Waals surface area contributed by atoms with E-state index in [4.69, 9.17) is 21.1 Å². The second-order valence-corrected chi connectivity index (χ2v) is 7.40. The van der Waals surface area contributed by atoms with Crippen LogP contribution in [0, 0.1) is 0 Å². The highest BCUT2D eigenvalue weighted by Gasteiger charge is 2.28. The molecule has 0 bridgehead atoms. The van der Waals surface area contributed by atoms with Gasteiger partial charge in [-0.25, -0.2) is 4.79 Å². The number of halogens is 1. The molecule has 4 nitrogen and oxygen atoms in total. The van der Waals surface area contributed by atoms with E-state index < -0.39 is 6.09 Å². The molecule has 0 aliphatic heterocycles. The summed E-state index contributed by atoms with van der Waals surface area (Å²) < 4.78 is 10.7. The van der Waals surface area contributed by atoms with Crippen LogP contribution in [0.1, 0.15) is 22.6 Å². The van der Waals surface area contributed by atoms with E-state index in [1.807, 2.05) is 48.6 Å². The maximum atomic E-state index is 12.2. The molecule has 1 N–H and O–H groups in total. The van der Waals surface area contributed by atoms with E-state index >= 15 is 0 Å². The Balaban J connectivity index is 1.32. The largest absolute Gasteiger partial charge is 0.497 e. The van der Waals surface area contributed by atoms with Gasteiger partial charge in [0.1, 0.15) is 12.4 Å². The van der Waals surface area contributed by atoms with Crippen LogP contribution in [0.5, 0.6) is 5.75 Å². The monoisotopic (exact) mass is 419 g/mol. The highest BCUT2D eigenvalue weighted by molar-refractivity contribution is 6.32. The van der Waals surface area contributed by atoms with Crippen LogP contribution in [-0.2, 0) is 4.74 Å². The minimum atomic E-state index is -0.442. The van der Waals surface area contributed by atoms with Gasteiger partial charge in [-0.1, -0.05) is 72.3 Å². The average molecular weight is 420 g/mol. The topological polar surface area (TPSA) is 47.6 Å². The molecule has 1 aliphatic carbocycles. The van der Waals surface area contributed by atoms with Gasteiger partial charge in [0.15, 0.2) is 0 Å². The Kier molecular flexibility index (Phi) is 6.05. The zero-order valence-corrected chi connectivity index (χ0v) is 17.4. The summed E-state index contributed by atoms with van der Waals surface area (Å²) in [6, 6.07) is 22.0. The molecule has 3 aromatic carbocycles. The first-order valence-corrected chi connectivity index (χ1v) is 10.1. The number of benzene rings is 3. The molecule has 5 heteroatoms. The van der Waals surface area contributed by atoms with Crippen LogP contribution in [0.25, 0.3) is 17.2 Å². The Morgan fingerprint density at radius 2 is 1.70 bits per heavy atom. The first kappa shape index (κ1) is 20.0. The highest BCUT2D eigenvalue weighted by Crippen LogP contribution is 2.44. The van der Waals surface area contributed by atoms with Gasteiger partial charge >= 0.3 is 6.09 Å². The summed E-state index contributed by atoms with van der Waals surface area (Å²) in [5.74, 6) is 0.755. The Hall–Kier alpha value is -3.24. The minimum Gasteiger partial charge on any atom is -0.497 e. The number of rotatable bonds is 6. The van der Waals surface area contributed by atoms with Crippen molar-refractivity contribution in [1.29, 1.82) is 0 Å². The molecule has 0 unspecified atom stereocenters. The quantitative estimate of drug-likeness (QED) is 0.541. The van der Waals surface area contributed by atoms with Crippen molar-refractivity contribution in [1.82, 2.24) is 5.32 Å². The third-order valence-electron chi connectivity index (χ3n) is 5.21. The van der Waals surface area contributed by atoms with Gasteiger partial charge in [0.05, 0.1) is 12.1 Å². The predicted molar refractivity (Wildman–Crippen MR) is 120 cm³/mol. The van der Waals surface area contributed by atoms with Crippen molar-refractivity contribution in [3.63, 3.8) is 0 Å². The van der Waals surface area contributed by atoms with Crippen molar-refractivity contribution in [2.24, 2.45) is 0 Å². The molecule has 0 radical (unpaired) electrons. The lowest BCUT2D eigenvalue weighted by atomic mass is 9.98. The second-order valence-electron chi connectivity index (χ2n) is 7.00. The Morgan fingerprint density at radius 1 is 1.03 bits per heavy atom. The Bertz CT molecular complexity index is 1050. The molecular formula is C25H22ClNO3. The molecule has 0 saturated carbocycles. The summed E-state index contributed by atoms with van der Waals surface area (Å²) in [6.45, 7) is 0.646. The van der Waals surface area contributed by atoms with E-state index in [0.717, 1.165) is 5.56 Å². The van der Waals surface area contributed by atoms with Crippen LogP contribution < -0.4 is 10.1 Å². The maximum absolute atomic E-state index is 12.2. The van der Waals surface area contributed by atoms with Crippen LogP contribution in [0.4, 0.5) is 4.79 Å². The molecule has 1 amide bonds.